The molecule has 0 saturated carbocycles. The fraction of sp³-hybridized carbons (Fsp3) is 0.250. The molecule has 1 aliphatic rings. The molecule has 2 aromatic heterocycles. The average Bonchev–Trinajstić information content (AvgIpc) is 3.33. The number of rotatable bonds is 3. The van der Waals surface area contributed by atoms with Gasteiger partial charge >= 0.3 is 0 Å². The average molecular weight is 328 g/mol. The van der Waals surface area contributed by atoms with Gasteiger partial charge in [-0.25, -0.2) is 0 Å². The predicted molar refractivity (Wildman–Crippen MR) is 83.4 cm³/mol. The van der Waals surface area contributed by atoms with Gasteiger partial charge in [0.25, 0.3) is 5.91 Å². The van der Waals surface area contributed by atoms with Gasteiger partial charge in [0.1, 0.15) is 12.4 Å². The van der Waals surface area contributed by atoms with Crippen LogP contribution in [0.4, 0.5) is 0 Å². The summed E-state index contributed by atoms with van der Waals surface area (Å²) < 4.78 is 33.9. The van der Waals surface area contributed by atoms with Crippen molar-refractivity contribution in [2.45, 2.75) is 12.9 Å². The fourth-order valence-electron chi connectivity index (χ4n) is 2.59. The molecule has 0 unspecified atom stereocenters. The Kier molecular flexibility index (Phi) is 2.60. The van der Waals surface area contributed by atoms with E-state index >= 15 is 0 Å². The smallest absolute Gasteiger partial charge is 0.255 e. The van der Waals surface area contributed by atoms with Gasteiger partial charge in [-0.1, -0.05) is 17.3 Å². The number of hydrogen-bond donors (Lipinski definition) is 1. The summed E-state index contributed by atoms with van der Waals surface area (Å²) in [6, 6.07) is 4.91. The van der Waals surface area contributed by atoms with Crippen molar-refractivity contribution in [1.29, 1.82) is 0 Å². The number of carbonyl (C=O) groups is 1. The van der Waals surface area contributed by atoms with E-state index in [1.54, 1.807) is 36.1 Å². The van der Waals surface area contributed by atoms with Gasteiger partial charge in [-0.05, 0) is 6.07 Å². The number of fused-ring (bicyclic) bond motifs is 1. The Morgan fingerprint density at radius 3 is 3.17 bits per heavy atom. The Morgan fingerprint density at radius 1 is 1.50 bits per heavy atom. The largest absolute Gasteiger partial charge is 0.491 e. The van der Waals surface area contributed by atoms with Gasteiger partial charge in [0, 0.05) is 35.3 Å². The Morgan fingerprint density at radius 2 is 2.42 bits per heavy atom. The summed E-state index contributed by atoms with van der Waals surface area (Å²) >= 11 is 0. The van der Waals surface area contributed by atoms with E-state index < -0.39 is 12.7 Å². The van der Waals surface area contributed by atoms with Crippen LogP contribution in [0.2, 0.25) is 0 Å². The number of hydrogen-bond acceptors (Lipinski definition) is 6. The number of carbonyl (C=O) groups excluding carboxylic acids is 1. The van der Waals surface area contributed by atoms with Crippen molar-refractivity contribution >= 4 is 5.91 Å². The van der Waals surface area contributed by atoms with Gasteiger partial charge in [0.2, 0.25) is 11.7 Å². The van der Waals surface area contributed by atoms with E-state index in [9.17, 15) is 4.79 Å². The van der Waals surface area contributed by atoms with Crippen molar-refractivity contribution in [2.75, 3.05) is 6.61 Å². The summed E-state index contributed by atoms with van der Waals surface area (Å²) in [5.41, 5.74) is 1.84. The highest BCUT2D eigenvalue weighted by Gasteiger charge is 2.27. The van der Waals surface area contributed by atoms with Gasteiger partial charge in [0.15, 0.2) is 0 Å². The number of aryl methyl sites for hydroxylation is 2. The van der Waals surface area contributed by atoms with Gasteiger partial charge in [0.05, 0.1) is 17.8 Å². The Bertz CT molecular complexity index is 1010. The quantitative estimate of drug-likeness (QED) is 0.785. The van der Waals surface area contributed by atoms with E-state index in [0.29, 0.717) is 16.9 Å². The van der Waals surface area contributed by atoms with Crippen LogP contribution in [0, 0.1) is 6.85 Å². The molecule has 122 valence electrons. The van der Waals surface area contributed by atoms with Gasteiger partial charge < -0.3 is 14.6 Å². The normalized spacial score (nSPS) is 18.2. The van der Waals surface area contributed by atoms with Crippen LogP contribution in [-0.4, -0.2) is 32.4 Å². The molecule has 1 aliphatic heterocycles. The van der Waals surface area contributed by atoms with Gasteiger partial charge in [-0.3, -0.25) is 9.48 Å². The number of nitrogens with one attached hydrogen (secondary N) is 1. The second-order valence-corrected chi connectivity index (χ2v) is 5.42. The van der Waals surface area contributed by atoms with Crippen molar-refractivity contribution < 1.29 is 18.2 Å². The molecule has 0 spiro atoms. The standard InChI is InChI=1S/C16H15N5O3/c1-9-18-15(20-24-9)10-3-4-12-13(8-23-14(12)5-10)19-16(22)11-6-17-21(2)7-11/h3-7,13H,8H2,1-2H3,(H,19,22)/t13-/m1/s1/i1D3. The minimum Gasteiger partial charge on any atom is -0.491 e. The molecule has 0 aliphatic carbocycles. The minimum atomic E-state index is -2.46. The molecular formula is C16H15N5O3. The molecule has 3 aromatic rings. The molecule has 1 aromatic carbocycles. The number of benzene rings is 1. The maximum absolute atomic E-state index is 12.3. The second-order valence-electron chi connectivity index (χ2n) is 5.42. The molecule has 0 saturated heterocycles. The SMILES string of the molecule is [2H]C([2H])([2H])c1nc(-c2ccc3c(c2)OC[C@H]3NC(=O)c2cnn(C)c2)no1. The molecule has 24 heavy (non-hydrogen) atoms. The van der Waals surface area contributed by atoms with Crippen LogP contribution in [0.5, 0.6) is 5.75 Å². The van der Waals surface area contributed by atoms with Crippen molar-refractivity contribution in [3.8, 4) is 17.1 Å². The molecule has 1 atom stereocenters. The lowest BCUT2D eigenvalue weighted by atomic mass is 10.1. The minimum absolute atomic E-state index is 0.162. The zero-order valence-electron chi connectivity index (χ0n) is 15.7. The zero-order chi connectivity index (χ0) is 19.2. The number of amides is 1. The zero-order valence-corrected chi connectivity index (χ0v) is 12.7. The first-order chi connectivity index (χ1) is 12.8. The van der Waals surface area contributed by atoms with E-state index in [1.165, 1.54) is 6.20 Å². The van der Waals surface area contributed by atoms with Crippen molar-refractivity contribution in [2.24, 2.45) is 7.05 Å². The second kappa shape index (κ2) is 5.48. The lowest BCUT2D eigenvalue weighted by molar-refractivity contribution is 0.0930. The molecule has 0 radical (unpaired) electrons. The highest BCUT2D eigenvalue weighted by atomic mass is 16.5. The van der Waals surface area contributed by atoms with E-state index in [0.717, 1.165) is 5.56 Å². The number of ether oxygens (including phenoxy) is 1. The first-order valence-corrected chi connectivity index (χ1v) is 7.22. The van der Waals surface area contributed by atoms with Crippen molar-refractivity contribution in [3.05, 3.63) is 47.6 Å². The lowest BCUT2D eigenvalue weighted by Crippen LogP contribution is -2.29. The van der Waals surface area contributed by atoms with Crippen LogP contribution >= 0.6 is 0 Å². The third kappa shape index (κ3) is 2.51. The van der Waals surface area contributed by atoms with Crippen LogP contribution in [0.25, 0.3) is 11.4 Å². The topological polar surface area (TPSA) is 95.1 Å². The molecule has 1 amide bonds. The number of aromatic nitrogens is 4. The molecule has 8 nitrogen and oxygen atoms in total. The molecule has 8 heteroatoms. The van der Waals surface area contributed by atoms with Gasteiger partial charge in [-0.2, -0.15) is 10.1 Å². The van der Waals surface area contributed by atoms with Crippen LogP contribution in [-0.2, 0) is 7.05 Å². The van der Waals surface area contributed by atoms with E-state index in [4.69, 9.17) is 13.4 Å². The van der Waals surface area contributed by atoms with Crippen LogP contribution in [0.3, 0.4) is 0 Å². The summed E-state index contributed by atoms with van der Waals surface area (Å²) in [5.74, 6) is 0.0780. The Balaban J connectivity index is 1.54. The maximum atomic E-state index is 12.3. The first-order valence-electron chi connectivity index (χ1n) is 8.72. The summed E-state index contributed by atoms with van der Waals surface area (Å²) in [7, 11) is 1.74. The Labute approximate surface area is 141 Å². The van der Waals surface area contributed by atoms with Crippen LogP contribution in [0.15, 0.2) is 35.1 Å². The monoisotopic (exact) mass is 328 g/mol. The summed E-state index contributed by atoms with van der Waals surface area (Å²) in [5, 5.41) is 10.6. The van der Waals surface area contributed by atoms with E-state index in [2.05, 4.69) is 20.6 Å². The van der Waals surface area contributed by atoms with Crippen molar-refractivity contribution in [1.82, 2.24) is 25.2 Å². The van der Waals surface area contributed by atoms with Gasteiger partial charge in [-0.15, -0.1) is 0 Å². The molecular weight excluding hydrogens is 310 g/mol. The van der Waals surface area contributed by atoms with E-state index in [1.807, 2.05) is 0 Å². The molecule has 1 N–H and O–H groups in total. The van der Waals surface area contributed by atoms with Crippen molar-refractivity contribution in [3.63, 3.8) is 0 Å². The summed E-state index contributed by atoms with van der Waals surface area (Å²) in [6.45, 7) is -2.17. The predicted octanol–water partition coefficient (Wildman–Crippen LogP) is 1.64. The first kappa shape index (κ1) is 11.4. The third-order valence-electron chi connectivity index (χ3n) is 3.75. The highest BCUT2D eigenvalue weighted by Crippen LogP contribution is 2.35. The maximum Gasteiger partial charge on any atom is 0.255 e. The fourth-order valence-corrected chi connectivity index (χ4v) is 2.59. The van der Waals surface area contributed by atoms with E-state index in [-0.39, 0.29) is 24.4 Å². The lowest BCUT2D eigenvalue weighted by Gasteiger charge is -2.10. The van der Waals surface area contributed by atoms with Crippen LogP contribution in [0.1, 0.15) is 32.0 Å². The highest BCUT2D eigenvalue weighted by molar-refractivity contribution is 5.94. The summed E-state index contributed by atoms with van der Waals surface area (Å²) in [4.78, 5) is 16.2. The molecule has 3 heterocycles. The number of nitrogens with zero attached hydrogens (tertiary/aromatic N) is 4. The molecule has 4 rings (SSSR count). The summed E-state index contributed by atoms with van der Waals surface area (Å²) in [6.07, 6.45) is 3.13. The molecule has 0 bridgehead atoms. The molecule has 0 fully saturated rings. The Hall–Kier alpha value is -3.16. The third-order valence-corrected chi connectivity index (χ3v) is 3.75. The van der Waals surface area contributed by atoms with Crippen LogP contribution < -0.4 is 10.1 Å².